The first kappa shape index (κ1) is 14.7. The van der Waals surface area contributed by atoms with E-state index >= 15 is 0 Å². The van der Waals surface area contributed by atoms with Gasteiger partial charge in [0.1, 0.15) is 0 Å². The van der Waals surface area contributed by atoms with E-state index in [1.165, 1.54) is 0 Å². The van der Waals surface area contributed by atoms with Crippen molar-refractivity contribution in [1.82, 2.24) is 0 Å². The average molecular weight is 386 g/mol. The summed E-state index contributed by atoms with van der Waals surface area (Å²) in [6, 6.07) is 9.45. The zero-order chi connectivity index (χ0) is 15.0. The third-order valence-electron chi connectivity index (χ3n) is 3.28. The minimum Gasteiger partial charge on any atom is -0.380 e. The van der Waals surface area contributed by atoms with Crippen molar-refractivity contribution in [1.29, 1.82) is 0 Å². The van der Waals surface area contributed by atoms with Crippen molar-refractivity contribution < 1.29 is 4.79 Å². The van der Waals surface area contributed by atoms with Crippen LogP contribution in [0.3, 0.4) is 0 Å². The van der Waals surface area contributed by atoms with Crippen molar-refractivity contribution in [2.45, 2.75) is 13.0 Å². The second kappa shape index (κ2) is 5.87. The number of hydrogen-bond acceptors (Lipinski definition) is 2. The van der Waals surface area contributed by atoms with Crippen LogP contribution in [0.4, 0.5) is 11.4 Å². The number of fused-ring (bicyclic) bond motifs is 1. The highest BCUT2D eigenvalue weighted by Gasteiger charge is 2.19. The fourth-order valence-electron chi connectivity index (χ4n) is 2.23. The molecule has 1 aliphatic rings. The highest BCUT2D eigenvalue weighted by molar-refractivity contribution is 9.10. The molecule has 1 heterocycles. The van der Waals surface area contributed by atoms with Gasteiger partial charge in [0.15, 0.2) is 0 Å². The molecule has 0 aromatic heterocycles. The highest BCUT2D eigenvalue weighted by atomic mass is 79.9. The summed E-state index contributed by atoms with van der Waals surface area (Å²) < 4.78 is 0.860. The molecule has 0 saturated carbocycles. The van der Waals surface area contributed by atoms with E-state index in [9.17, 15) is 4.79 Å². The largest absolute Gasteiger partial charge is 0.380 e. The van der Waals surface area contributed by atoms with Crippen LogP contribution in [0.5, 0.6) is 0 Å². The number of benzene rings is 2. The summed E-state index contributed by atoms with van der Waals surface area (Å²) in [7, 11) is 0. The number of amides is 1. The van der Waals surface area contributed by atoms with E-state index in [1.807, 2.05) is 24.3 Å². The molecule has 3 rings (SSSR count). The molecule has 1 amide bonds. The molecule has 2 N–H and O–H groups in total. The maximum atomic E-state index is 11.4. The maximum absolute atomic E-state index is 11.4. The molecule has 0 bridgehead atoms. The Morgan fingerprint density at radius 1 is 1.19 bits per heavy atom. The quantitative estimate of drug-likeness (QED) is 0.791. The van der Waals surface area contributed by atoms with Crippen molar-refractivity contribution in [2.75, 3.05) is 10.6 Å². The second-order valence-electron chi connectivity index (χ2n) is 4.82. The highest BCUT2D eigenvalue weighted by Crippen LogP contribution is 2.33. The third-order valence-corrected chi connectivity index (χ3v) is 4.81. The molecule has 0 spiro atoms. The van der Waals surface area contributed by atoms with Gasteiger partial charge < -0.3 is 10.6 Å². The van der Waals surface area contributed by atoms with Crippen LogP contribution in [0.15, 0.2) is 34.8 Å². The fourth-order valence-corrected chi connectivity index (χ4v) is 3.00. The number of carbonyl (C=O) groups is 1. The number of carbonyl (C=O) groups excluding carboxylic acids is 1. The lowest BCUT2D eigenvalue weighted by Crippen LogP contribution is -2.03. The molecule has 108 valence electrons. The third kappa shape index (κ3) is 3.18. The maximum Gasteiger partial charge on any atom is 0.228 e. The van der Waals surface area contributed by atoms with Crippen molar-refractivity contribution >= 4 is 56.4 Å². The lowest BCUT2D eigenvalue weighted by atomic mass is 10.1. The topological polar surface area (TPSA) is 41.1 Å². The Bertz CT molecular complexity index is 734. The zero-order valence-corrected chi connectivity index (χ0v) is 13.9. The Kier molecular flexibility index (Phi) is 4.11. The molecule has 0 aliphatic carbocycles. The summed E-state index contributed by atoms with van der Waals surface area (Å²) >= 11 is 15.6. The minimum absolute atomic E-state index is 0.000140. The molecule has 3 nitrogen and oxygen atoms in total. The molecule has 21 heavy (non-hydrogen) atoms. The summed E-state index contributed by atoms with van der Waals surface area (Å²) in [6.07, 6.45) is 0.397. The van der Waals surface area contributed by atoms with Crippen LogP contribution in [0, 0.1) is 0 Å². The van der Waals surface area contributed by atoms with Crippen LogP contribution in [0.2, 0.25) is 10.0 Å². The first-order valence-electron chi connectivity index (χ1n) is 6.33. The van der Waals surface area contributed by atoms with E-state index < -0.39 is 0 Å². The Balaban J connectivity index is 1.78. The van der Waals surface area contributed by atoms with Crippen LogP contribution < -0.4 is 10.6 Å². The van der Waals surface area contributed by atoms with Gasteiger partial charge in [-0.3, -0.25) is 4.79 Å². The van der Waals surface area contributed by atoms with Gasteiger partial charge >= 0.3 is 0 Å². The van der Waals surface area contributed by atoms with Gasteiger partial charge in [0.05, 0.1) is 22.2 Å². The van der Waals surface area contributed by atoms with Crippen LogP contribution in [-0.4, -0.2) is 5.91 Å². The summed E-state index contributed by atoms with van der Waals surface area (Å²) in [5, 5.41) is 7.33. The average Bonchev–Trinajstić information content (AvgIpc) is 2.79. The Labute approximate surface area is 140 Å². The minimum atomic E-state index is -0.000140. The van der Waals surface area contributed by atoms with E-state index in [4.69, 9.17) is 23.2 Å². The van der Waals surface area contributed by atoms with Crippen molar-refractivity contribution in [3.63, 3.8) is 0 Å². The molecule has 0 fully saturated rings. The summed E-state index contributed by atoms with van der Waals surface area (Å²) in [5.41, 5.74) is 3.66. The zero-order valence-electron chi connectivity index (χ0n) is 10.8. The van der Waals surface area contributed by atoms with Gasteiger partial charge in [-0.25, -0.2) is 0 Å². The van der Waals surface area contributed by atoms with Crippen LogP contribution in [-0.2, 0) is 17.8 Å². The summed E-state index contributed by atoms with van der Waals surface area (Å²) in [5.74, 6) is -0.000140. The first-order chi connectivity index (χ1) is 10.0. The van der Waals surface area contributed by atoms with Gasteiger partial charge in [-0.1, -0.05) is 29.3 Å². The molecule has 6 heteroatoms. The number of hydrogen-bond donors (Lipinski definition) is 2. The lowest BCUT2D eigenvalue weighted by molar-refractivity contribution is -0.115. The van der Waals surface area contributed by atoms with Gasteiger partial charge in [-0.2, -0.15) is 0 Å². The normalized spacial score (nSPS) is 13.0. The van der Waals surface area contributed by atoms with Gasteiger partial charge in [0.2, 0.25) is 5.91 Å². The van der Waals surface area contributed by atoms with Crippen LogP contribution in [0.1, 0.15) is 11.1 Å². The summed E-state index contributed by atoms with van der Waals surface area (Å²) in [4.78, 5) is 11.4. The standard InChI is InChI=1S/C15H11BrCl2N2O/c16-10-3-8(1-2-11(10)17)7-19-14-4-9-5-15(21)20-13(9)6-12(14)18/h1-4,6,19H,5,7H2,(H,20,21). The molecule has 1 aliphatic heterocycles. The van der Waals surface area contributed by atoms with Gasteiger partial charge in [-0.05, 0) is 51.3 Å². The van der Waals surface area contributed by atoms with E-state index in [1.54, 1.807) is 6.07 Å². The monoisotopic (exact) mass is 384 g/mol. The van der Waals surface area contributed by atoms with E-state index in [0.29, 0.717) is 23.0 Å². The predicted molar refractivity (Wildman–Crippen MR) is 90.3 cm³/mol. The predicted octanol–water partition coefficient (Wildman–Crippen LogP) is 4.86. The molecule has 0 radical (unpaired) electrons. The smallest absolute Gasteiger partial charge is 0.228 e. The molecular weight excluding hydrogens is 375 g/mol. The molecule has 2 aromatic rings. The second-order valence-corrected chi connectivity index (χ2v) is 6.48. The van der Waals surface area contributed by atoms with Gasteiger partial charge in [0.25, 0.3) is 0 Å². The molecular formula is C15H11BrCl2N2O. The number of nitrogens with one attached hydrogen (secondary N) is 2. The van der Waals surface area contributed by atoms with Gasteiger partial charge in [0, 0.05) is 16.7 Å². The van der Waals surface area contributed by atoms with Crippen LogP contribution in [0.25, 0.3) is 0 Å². The number of anilines is 2. The number of rotatable bonds is 3. The Morgan fingerprint density at radius 3 is 2.76 bits per heavy atom. The van der Waals surface area contributed by atoms with Crippen molar-refractivity contribution in [2.24, 2.45) is 0 Å². The Morgan fingerprint density at radius 2 is 2.00 bits per heavy atom. The molecule has 0 unspecified atom stereocenters. The van der Waals surface area contributed by atoms with Gasteiger partial charge in [-0.15, -0.1) is 0 Å². The fraction of sp³-hybridized carbons (Fsp3) is 0.133. The Hall–Kier alpha value is -1.23. The molecule has 0 saturated heterocycles. The number of halogens is 3. The van der Waals surface area contributed by atoms with Crippen LogP contribution >= 0.6 is 39.1 Å². The van der Waals surface area contributed by atoms with Crippen molar-refractivity contribution in [3.05, 3.63) is 56.0 Å². The SMILES string of the molecule is O=C1Cc2cc(NCc3ccc(Cl)c(Br)c3)c(Cl)cc2N1. The summed E-state index contributed by atoms with van der Waals surface area (Å²) in [6.45, 7) is 0.621. The molecule has 0 atom stereocenters. The van der Waals surface area contributed by atoms with E-state index in [0.717, 1.165) is 27.0 Å². The molecule has 2 aromatic carbocycles. The van der Waals surface area contributed by atoms with E-state index in [-0.39, 0.29) is 5.91 Å². The lowest BCUT2D eigenvalue weighted by Gasteiger charge is -2.11. The first-order valence-corrected chi connectivity index (χ1v) is 7.88. The van der Waals surface area contributed by atoms with E-state index in [2.05, 4.69) is 26.6 Å². The van der Waals surface area contributed by atoms with Crippen molar-refractivity contribution in [3.8, 4) is 0 Å².